The van der Waals surface area contributed by atoms with Crippen molar-refractivity contribution in [2.45, 2.75) is 13.8 Å². The number of esters is 1. The molecule has 0 aliphatic heterocycles. The van der Waals surface area contributed by atoms with Crippen molar-refractivity contribution in [1.82, 2.24) is 0 Å². The van der Waals surface area contributed by atoms with E-state index in [4.69, 9.17) is 14.6 Å². The Morgan fingerprint density at radius 3 is 2.10 bits per heavy atom. The molecule has 0 fully saturated rings. The number of carboxylic acids is 1. The Hall–Kier alpha value is -2.14. The molecule has 1 aromatic rings. The molecule has 0 spiro atoms. The number of methoxy groups -OCH3 is 1. The van der Waals surface area contributed by atoms with E-state index in [9.17, 15) is 9.59 Å². The van der Waals surface area contributed by atoms with Gasteiger partial charge < -0.3 is 14.6 Å². The van der Waals surface area contributed by atoms with Crippen LogP contribution in [0.5, 0.6) is 0 Å². The molecule has 20 heavy (non-hydrogen) atoms. The zero-order chi connectivity index (χ0) is 15.5. The van der Waals surface area contributed by atoms with Crippen LogP contribution in [0.1, 0.15) is 34.6 Å². The second-order valence-electron chi connectivity index (χ2n) is 4.19. The molecule has 0 aliphatic rings. The SMILES string of the molecule is C=C(C)C.COCCOC(=O)c1ccccc1C(=O)O. The highest BCUT2D eigenvalue weighted by Crippen LogP contribution is 2.10. The Bertz CT molecular complexity index is 461. The van der Waals surface area contributed by atoms with Gasteiger partial charge in [0.05, 0.1) is 17.7 Å². The van der Waals surface area contributed by atoms with Gasteiger partial charge in [0.25, 0.3) is 0 Å². The summed E-state index contributed by atoms with van der Waals surface area (Å²) in [6.45, 7) is 7.88. The van der Waals surface area contributed by atoms with E-state index >= 15 is 0 Å². The smallest absolute Gasteiger partial charge is 0.339 e. The van der Waals surface area contributed by atoms with Gasteiger partial charge in [-0.2, -0.15) is 0 Å². The van der Waals surface area contributed by atoms with Gasteiger partial charge in [-0.05, 0) is 26.0 Å². The predicted molar refractivity (Wildman–Crippen MR) is 76.0 cm³/mol. The van der Waals surface area contributed by atoms with Gasteiger partial charge >= 0.3 is 11.9 Å². The third-order valence-corrected chi connectivity index (χ3v) is 1.90. The first-order valence-corrected chi connectivity index (χ1v) is 6.00. The summed E-state index contributed by atoms with van der Waals surface area (Å²) < 4.78 is 9.54. The second-order valence-corrected chi connectivity index (χ2v) is 4.19. The second kappa shape index (κ2) is 9.75. The van der Waals surface area contributed by atoms with Gasteiger partial charge in [-0.1, -0.05) is 17.7 Å². The molecule has 0 heterocycles. The first-order chi connectivity index (χ1) is 9.40. The van der Waals surface area contributed by atoms with Crippen molar-refractivity contribution in [2.24, 2.45) is 0 Å². The van der Waals surface area contributed by atoms with E-state index in [1.165, 1.54) is 24.8 Å². The van der Waals surface area contributed by atoms with Gasteiger partial charge in [-0.25, -0.2) is 9.59 Å². The molecule has 1 rings (SSSR count). The molecule has 1 N–H and O–H groups in total. The molecule has 1 aromatic carbocycles. The maximum absolute atomic E-state index is 11.5. The summed E-state index contributed by atoms with van der Waals surface area (Å²) in [7, 11) is 1.49. The molecule has 0 atom stereocenters. The fraction of sp³-hybridized carbons (Fsp3) is 0.333. The Balaban J connectivity index is 0.000000796. The lowest BCUT2D eigenvalue weighted by Gasteiger charge is -2.06. The fourth-order valence-corrected chi connectivity index (χ4v) is 1.14. The molecule has 0 aliphatic carbocycles. The van der Waals surface area contributed by atoms with Crippen LogP contribution in [0.2, 0.25) is 0 Å². The molecular weight excluding hydrogens is 260 g/mol. The van der Waals surface area contributed by atoms with Crippen LogP contribution in [0.3, 0.4) is 0 Å². The van der Waals surface area contributed by atoms with Crippen molar-refractivity contribution in [3.8, 4) is 0 Å². The van der Waals surface area contributed by atoms with Gasteiger partial charge in [0.2, 0.25) is 0 Å². The van der Waals surface area contributed by atoms with Gasteiger partial charge in [0.1, 0.15) is 6.61 Å². The maximum Gasteiger partial charge on any atom is 0.339 e. The van der Waals surface area contributed by atoms with E-state index in [1.54, 1.807) is 12.1 Å². The number of ether oxygens (including phenoxy) is 2. The van der Waals surface area contributed by atoms with Crippen molar-refractivity contribution < 1.29 is 24.2 Å². The molecule has 0 unspecified atom stereocenters. The van der Waals surface area contributed by atoms with E-state index in [0.717, 1.165) is 0 Å². The molecular formula is C15H20O5. The number of hydrogen-bond acceptors (Lipinski definition) is 4. The Kier molecular flexibility index (Phi) is 8.70. The quantitative estimate of drug-likeness (QED) is 0.510. The molecule has 5 heteroatoms. The van der Waals surface area contributed by atoms with Crippen LogP contribution in [0.25, 0.3) is 0 Å². The Morgan fingerprint density at radius 2 is 1.65 bits per heavy atom. The van der Waals surface area contributed by atoms with Gasteiger partial charge in [-0.15, -0.1) is 6.58 Å². The lowest BCUT2D eigenvalue weighted by Crippen LogP contribution is -2.14. The minimum absolute atomic E-state index is 0.0473. The molecule has 110 valence electrons. The number of aromatic carboxylic acids is 1. The zero-order valence-corrected chi connectivity index (χ0v) is 12.0. The Labute approximate surface area is 118 Å². The third-order valence-electron chi connectivity index (χ3n) is 1.90. The largest absolute Gasteiger partial charge is 0.478 e. The van der Waals surface area contributed by atoms with Crippen LogP contribution >= 0.6 is 0 Å². The normalized spacial score (nSPS) is 9.15. The summed E-state index contributed by atoms with van der Waals surface area (Å²) in [4.78, 5) is 22.3. The molecule has 0 radical (unpaired) electrons. The number of carboxylic acid groups (broad SMARTS) is 1. The molecule has 0 saturated heterocycles. The van der Waals surface area contributed by atoms with Gasteiger partial charge in [-0.3, -0.25) is 0 Å². The van der Waals surface area contributed by atoms with Crippen LogP contribution in [0.4, 0.5) is 0 Å². The number of hydrogen-bond donors (Lipinski definition) is 1. The summed E-state index contributed by atoms with van der Waals surface area (Å²) in [6.07, 6.45) is 0. The van der Waals surface area contributed by atoms with Crippen molar-refractivity contribution >= 4 is 11.9 Å². The Morgan fingerprint density at radius 1 is 1.15 bits per heavy atom. The summed E-state index contributed by atoms with van der Waals surface area (Å²) >= 11 is 0. The number of benzene rings is 1. The topological polar surface area (TPSA) is 72.8 Å². The summed E-state index contributed by atoms with van der Waals surface area (Å²) in [5.41, 5.74) is 1.15. The lowest BCUT2D eigenvalue weighted by molar-refractivity contribution is 0.0382. The summed E-state index contributed by atoms with van der Waals surface area (Å²) in [6, 6.07) is 5.91. The summed E-state index contributed by atoms with van der Waals surface area (Å²) in [5.74, 6) is -1.81. The van der Waals surface area contributed by atoms with Crippen molar-refractivity contribution in [3.05, 3.63) is 47.5 Å². The molecule has 0 saturated carbocycles. The number of carbonyl (C=O) groups is 2. The van der Waals surface area contributed by atoms with E-state index in [-0.39, 0.29) is 24.3 Å². The average molecular weight is 280 g/mol. The standard InChI is InChI=1S/C11H12O5.C4H8/c1-15-6-7-16-11(14)9-5-3-2-4-8(9)10(12)13;1-4(2)3/h2-5H,6-7H2,1H3,(H,12,13);1H2,2-3H3. The molecule has 0 aromatic heterocycles. The summed E-state index contributed by atoms with van der Waals surface area (Å²) in [5, 5.41) is 8.85. The minimum Gasteiger partial charge on any atom is -0.478 e. The van der Waals surface area contributed by atoms with Crippen molar-refractivity contribution in [1.29, 1.82) is 0 Å². The minimum atomic E-state index is -1.15. The average Bonchev–Trinajstić information content (AvgIpc) is 2.38. The lowest BCUT2D eigenvalue weighted by atomic mass is 10.1. The highest BCUT2D eigenvalue weighted by Gasteiger charge is 2.16. The van der Waals surface area contributed by atoms with E-state index in [0.29, 0.717) is 0 Å². The van der Waals surface area contributed by atoms with Crippen LogP contribution in [0.15, 0.2) is 36.4 Å². The number of rotatable bonds is 5. The van der Waals surface area contributed by atoms with Crippen molar-refractivity contribution in [3.63, 3.8) is 0 Å². The first kappa shape index (κ1) is 17.9. The van der Waals surface area contributed by atoms with Crippen molar-refractivity contribution in [2.75, 3.05) is 20.3 Å². The molecule has 0 bridgehead atoms. The predicted octanol–water partition coefficient (Wildman–Crippen LogP) is 2.77. The zero-order valence-electron chi connectivity index (χ0n) is 12.0. The van der Waals surface area contributed by atoms with Gasteiger partial charge in [0.15, 0.2) is 0 Å². The van der Waals surface area contributed by atoms with Crippen LogP contribution in [0, 0.1) is 0 Å². The van der Waals surface area contributed by atoms with E-state index in [1.807, 2.05) is 13.8 Å². The van der Waals surface area contributed by atoms with E-state index < -0.39 is 11.9 Å². The highest BCUT2D eigenvalue weighted by molar-refractivity contribution is 6.02. The third kappa shape index (κ3) is 7.33. The van der Waals surface area contributed by atoms with E-state index in [2.05, 4.69) is 6.58 Å². The maximum atomic E-state index is 11.5. The van der Waals surface area contributed by atoms with Crippen LogP contribution < -0.4 is 0 Å². The first-order valence-electron chi connectivity index (χ1n) is 6.00. The van der Waals surface area contributed by atoms with Crippen LogP contribution in [-0.2, 0) is 9.47 Å². The molecule has 0 amide bonds. The highest BCUT2D eigenvalue weighted by atomic mass is 16.6. The van der Waals surface area contributed by atoms with Gasteiger partial charge in [0, 0.05) is 7.11 Å². The molecule has 5 nitrogen and oxygen atoms in total. The van der Waals surface area contributed by atoms with Crippen LogP contribution in [-0.4, -0.2) is 37.4 Å². The number of carbonyl (C=O) groups excluding carboxylic acids is 1. The number of allylic oxidation sites excluding steroid dienone is 1. The fourth-order valence-electron chi connectivity index (χ4n) is 1.14. The monoisotopic (exact) mass is 280 g/mol.